The monoisotopic (exact) mass is 422 g/mol. The maximum atomic E-state index is 13.5. The number of rotatable bonds is 5. The topological polar surface area (TPSA) is 75.9 Å². The van der Waals surface area contributed by atoms with Gasteiger partial charge in [0.2, 0.25) is 5.91 Å². The quantitative estimate of drug-likeness (QED) is 0.679. The number of hydrogen-bond acceptors (Lipinski definition) is 5. The van der Waals surface area contributed by atoms with Gasteiger partial charge >= 0.3 is 0 Å². The number of benzene rings is 1. The van der Waals surface area contributed by atoms with Crippen molar-refractivity contribution in [3.05, 3.63) is 36.2 Å². The highest BCUT2D eigenvalue weighted by atomic mass is 19.1. The number of likely N-dealkylation sites (tertiary alicyclic amines) is 1. The molecule has 1 saturated carbocycles. The molecule has 2 aliphatic rings. The molecule has 5 rings (SSSR count). The molecular weight excluding hydrogens is 395 g/mol. The predicted molar refractivity (Wildman–Crippen MR) is 117 cm³/mol. The summed E-state index contributed by atoms with van der Waals surface area (Å²) in [5, 5.41) is 13.3. The van der Waals surface area contributed by atoms with E-state index in [0.717, 1.165) is 53.3 Å². The lowest BCUT2D eigenvalue weighted by molar-refractivity contribution is -0.120. The number of aromatic nitrogens is 4. The van der Waals surface area contributed by atoms with Crippen molar-refractivity contribution < 1.29 is 9.18 Å². The molecule has 31 heavy (non-hydrogen) atoms. The van der Waals surface area contributed by atoms with Crippen molar-refractivity contribution in [1.82, 2.24) is 24.9 Å². The zero-order valence-corrected chi connectivity index (χ0v) is 17.7. The summed E-state index contributed by atoms with van der Waals surface area (Å²) >= 11 is 0. The minimum Gasteiger partial charge on any atom is -0.310 e. The molecule has 1 saturated heterocycles. The van der Waals surface area contributed by atoms with Gasteiger partial charge in [-0.2, -0.15) is 0 Å². The van der Waals surface area contributed by atoms with E-state index in [1.807, 2.05) is 30.3 Å². The van der Waals surface area contributed by atoms with E-state index >= 15 is 0 Å². The highest BCUT2D eigenvalue weighted by Gasteiger charge is 2.28. The Hall–Kier alpha value is -2.87. The van der Waals surface area contributed by atoms with Crippen molar-refractivity contribution in [3.63, 3.8) is 0 Å². The Morgan fingerprint density at radius 2 is 2.03 bits per heavy atom. The summed E-state index contributed by atoms with van der Waals surface area (Å²) in [6.07, 6.45) is 8.15. The van der Waals surface area contributed by atoms with Crippen LogP contribution in [0.15, 0.2) is 30.6 Å². The highest BCUT2D eigenvalue weighted by molar-refractivity contribution is 5.97. The van der Waals surface area contributed by atoms with Crippen LogP contribution in [-0.2, 0) is 18.4 Å². The van der Waals surface area contributed by atoms with Crippen LogP contribution in [-0.4, -0.2) is 50.0 Å². The van der Waals surface area contributed by atoms with Gasteiger partial charge in [-0.1, -0.05) is 36.6 Å². The Morgan fingerprint density at radius 3 is 2.74 bits per heavy atom. The van der Waals surface area contributed by atoms with Gasteiger partial charge < -0.3 is 5.32 Å². The van der Waals surface area contributed by atoms with Crippen molar-refractivity contribution in [3.8, 4) is 11.3 Å². The Morgan fingerprint density at radius 1 is 1.23 bits per heavy atom. The fourth-order valence-electron chi connectivity index (χ4n) is 4.62. The maximum Gasteiger partial charge on any atom is 0.228 e. The predicted octanol–water partition coefficient (Wildman–Crippen LogP) is 3.70. The van der Waals surface area contributed by atoms with E-state index in [-0.39, 0.29) is 11.8 Å². The summed E-state index contributed by atoms with van der Waals surface area (Å²) in [6.45, 7) is 1.38. The summed E-state index contributed by atoms with van der Waals surface area (Å²) in [6, 6.07) is 6.08. The van der Waals surface area contributed by atoms with Gasteiger partial charge in [0.15, 0.2) is 0 Å². The van der Waals surface area contributed by atoms with Gasteiger partial charge in [-0.05, 0) is 24.3 Å². The van der Waals surface area contributed by atoms with Gasteiger partial charge in [-0.3, -0.25) is 14.4 Å². The lowest BCUT2D eigenvalue weighted by Crippen LogP contribution is -2.47. The van der Waals surface area contributed by atoms with E-state index in [0.29, 0.717) is 25.5 Å². The van der Waals surface area contributed by atoms with Crippen LogP contribution in [0.5, 0.6) is 0 Å². The van der Waals surface area contributed by atoms with Gasteiger partial charge in [0, 0.05) is 55.3 Å². The van der Waals surface area contributed by atoms with Crippen LogP contribution in [0.1, 0.15) is 37.7 Å². The van der Waals surface area contributed by atoms with Crippen LogP contribution in [0.3, 0.4) is 0 Å². The number of anilines is 1. The third-order valence-electron chi connectivity index (χ3n) is 6.41. The molecule has 0 spiro atoms. The molecule has 2 fully saturated rings. The standard InChI is InChI=1S/C23H27FN6O/c1-29-14-21(27-28-29)16-7-8-17-10-25-22(26-23(31)15-5-3-2-4-6-15)20(19(17)9-16)13-30-11-18(24)12-30/h7-10,14-15,18H,2-6,11-13H2,1H3,(H,25,26,31). The zero-order valence-electron chi connectivity index (χ0n) is 17.7. The second-order valence-corrected chi connectivity index (χ2v) is 8.78. The third kappa shape index (κ3) is 4.17. The molecule has 1 aliphatic carbocycles. The number of pyridine rings is 1. The fraction of sp³-hybridized carbons (Fsp3) is 0.478. The van der Waals surface area contributed by atoms with Gasteiger partial charge in [0.25, 0.3) is 0 Å². The van der Waals surface area contributed by atoms with Gasteiger partial charge in [0.05, 0.1) is 6.20 Å². The highest BCUT2D eigenvalue weighted by Crippen LogP contribution is 2.32. The maximum absolute atomic E-state index is 13.5. The van der Waals surface area contributed by atoms with E-state index in [1.165, 1.54) is 6.42 Å². The average molecular weight is 423 g/mol. The minimum atomic E-state index is -0.779. The van der Waals surface area contributed by atoms with Gasteiger partial charge in [-0.25, -0.2) is 9.37 Å². The van der Waals surface area contributed by atoms with Crippen molar-refractivity contribution in [2.45, 2.75) is 44.8 Å². The summed E-state index contributed by atoms with van der Waals surface area (Å²) in [4.78, 5) is 19.6. The number of hydrogen-bond donors (Lipinski definition) is 1. The second-order valence-electron chi connectivity index (χ2n) is 8.78. The number of halogens is 1. The molecule has 0 radical (unpaired) electrons. The average Bonchev–Trinajstić information content (AvgIpc) is 3.20. The van der Waals surface area contributed by atoms with E-state index in [2.05, 4.69) is 26.7 Å². The largest absolute Gasteiger partial charge is 0.310 e. The molecule has 1 amide bonds. The first kappa shape index (κ1) is 20.1. The van der Waals surface area contributed by atoms with Crippen LogP contribution in [0.25, 0.3) is 22.0 Å². The minimum absolute atomic E-state index is 0.0456. The summed E-state index contributed by atoms with van der Waals surface area (Å²) in [5.41, 5.74) is 2.66. The SMILES string of the molecule is Cn1cc(-c2ccc3cnc(NC(=O)C4CCCCC4)c(CN4CC(F)C4)c3c2)nn1. The molecule has 8 heteroatoms. The second kappa shape index (κ2) is 8.34. The van der Waals surface area contributed by atoms with Crippen LogP contribution in [0.2, 0.25) is 0 Å². The van der Waals surface area contributed by atoms with Crippen molar-refractivity contribution in [1.29, 1.82) is 0 Å². The Labute approximate surface area is 180 Å². The number of nitrogens with zero attached hydrogens (tertiary/aromatic N) is 5. The molecule has 0 atom stereocenters. The van der Waals surface area contributed by atoms with Gasteiger partial charge in [-0.15, -0.1) is 5.10 Å². The Kier molecular flexibility index (Phi) is 5.40. The first-order valence-electron chi connectivity index (χ1n) is 11.0. The first-order chi connectivity index (χ1) is 15.1. The summed E-state index contributed by atoms with van der Waals surface area (Å²) in [5.74, 6) is 0.677. The Balaban J connectivity index is 1.52. The van der Waals surface area contributed by atoms with Crippen LogP contribution >= 0.6 is 0 Å². The molecule has 3 aromatic rings. The lowest BCUT2D eigenvalue weighted by atomic mass is 9.88. The number of fused-ring (bicyclic) bond motifs is 1. The van der Waals surface area contributed by atoms with Gasteiger partial charge in [0.1, 0.15) is 17.7 Å². The molecule has 2 aromatic heterocycles. The number of amides is 1. The van der Waals surface area contributed by atoms with Crippen LogP contribution < -0.4 is 5.32 Å². The third-order valence-corrected chi connectivity index (χ3v) is 6.41. The van der Waals surface area contributed by atoms with E-state index in [9.17, 15) is 9.18 Å². The van der Waals surface area contributed by atoms with Crippen LogP contribution in [0.4, 0.5) is 10.2 Å². The number of carbonyl (C=O) groups is 1. The molecule has 7 nitrogen and oxygen atoms in total. The first-order valence-corrected chi connectivity index (χ1v) is 11.0. The van der Waals surface area contributed by atoms with Crippen LogP contribution in [0, 0.1) is 5.92 Å². The molecule has 1 N–H and O–H groups in total. The molecular formula is C23H27FN6O. The number of aryl methyl sites for hydroxylation is 1. The summed E-state index contributed by atoms with van der Waals surface area (Å²) in [7, 11) is 1.84. The van der Waals surface area contributed by atoms with E-state index in [1.54, 1.807) is 10.9 Å². The number of alkyl halides is 1. The summed E-state index contributed by atoms with van der Waals surface area (Å²) < 4.78 is 15.2. The van der Waals surface area contributed by atoms with Crippen molar-refractivity contribution >= 4 is 22.5 Å². The zero-order chi connectivity index (χ0) is 21.4. The lowest BCUT2D eigenvalue weighted by Gasteiger charge is -2.35. The van der Waals surface area contributed by atoms with Crippen molar-refractivity contribution in [2.75, 3.05) is 18.4 Å². The molecule has 1 aliphatic heterocycles. The molecule has 1 aromatic carbocycles. The number of carbonyl (C=O) groups excluding carboxylic acids is 1. The molecule has 162 valence electrons. The fourth-order valence-corrected chi connectivity index (χ4v) is 4.62. The molecule has 0 unspecified atom stereocenters. The normalized spacial score (nSPS) is 18.3. The van der Waals surface area contributed by atoms with Crippen molar-refractivity contribution in [2.24, 2.45) is 13.0 Å². The molecule has 3 heterocycles. The van der Waals surface area contributed by atoms with E-state index in [4.69, 9.17) is 0 Å². The smallest absolute Gasteiger partial charge is 0.228 e. The number of nitrogens with one attached hydrogen (secondary N) is 1. The van der Waals surface area contributed by atoms with E-state index < -0.39 is 6.17 Å². The molecule has 0 bridgehead atoms. The Bertz CT molecular complexity index is 1100.